The van der Waals surface area contributed by atoms with E-state index in [1.807, 2.05) is 4.57 Å². The second kappa shape index (κ2) is 5.35. The second-order valence-corrected chi connectivity index (χ2v) is 6.82. The minimum atomic E-state index is -0.268. The van der Waals surface area contributed by atoms with E-state index in [0.29, 0.717) is 16.3 Å². The molecular formula is C15H19BrFN3. The molecule has 1 fully saturated rings. The van der Waals surface area contributed by atoms with Crippen molar-refractivity contribution in [3.8, 4) is 0 Å². The Hall–Kier alpha value is -1.10. The fourth-order valence-corrected chi connectivity index (χ4v) is 3.43. The van der Waals surface area contributed by atoms with Gasteiger partial charge in [0.05, 0.1) is 15.5 Å². The van der Waals surface area contributed by atoms with Crippen molar-refractivity contribution in [3.63, 3.8) is 0 Å². The third-order valence-corrected chi connectivity index (χ3v) is 5.00. The van der Waals surface area contributed by atoms with Gasteiger partial charge in [-0.1, -0.05) is 19.8 Å². The molecule has 0 bridgehead atoms. The van der Waals surface area contributed by atoms with Crippen LogP contribution in [0, 0.1) is 17.7 Å². The van der Waals surface area contributed by atoms with Crippen molar-refractivity contribution >= 4 is 32.9 Å². The third kappa shape index (κ3) is 2.55. The number of benzene rings is 1. The highest BCUT2D eigenvalue weighted by Crippen LogP contribution is 2.32. The molecule has 5 heteroatoms. The first-order valence-corrected chi connectivity index (χ1v) is 7.94. The Morgan fingerprint density at radius 3 is 2.75 bits per heavy atom. The van der Waals surface area contributed by atoms with Crippen LogP contribution in [-0.4, -0.2) is 9.55 Å². The third-order valence-electron chi connectivity index (χ3n) is 4.40. The molecule has 20 heavy (non-hydrogen) atoms. The molecule has 2 N–H and O–H groups in total. The highest BCUT2D eigenvalue weighted by molar-refractivity contribution is 9.10. The molecule has 0 aliphatic heterocycles. The molecule has 0 saturated heterocycles. The number of imidazole rings is 1. The van der Waals surface area contributed by atoms with Gasteiger partial charge in [0.2, 0.25) is 5.95 Å². The van der Waals surface area contributed by atoms with E-state index in [4.69, 9.17) is 5.73 Å². The summed E-state index contributed by atoms with van der Waals surface area (Å²) >= 11 is 3.19. The van der Waals surface area contributed by atoms with Crippen molar-refractivity contribution in [2.45, 2.75) is 39.2 Å². The maximum absolute atomic E-state index is 13.7. The number of fused-ring (bicyclic) bond motifs is 1. The van der Waals surface area contributed by atoms with Gasteiger partial charge < -0.3 is 10.3 Å². The van der Waals surface area contributed by atoms with Gasteiger partial charge in [0.25, 0.3) is 0 Å². The first kappa shape index (κ1) is 13.9. The first-order chi connectivity index (χ1) is 9.54. The summed E-state index contributed by atoms with van der Waals surface area (Å²) in [5.74, 6) is 1.67. The highest BCUT2D eigenvalue weighted by Gasteiger charge is 2.21. The molecule has 0 spiro atoms. The number of nitrogen functional groups attached to an aromatic ring is 1. The minimum Gasteiger partial charge on any atom is -0.369 e. The molecule has 1 aromatic carbocycles. The molecule has 0 atom stereocenters. The molecule has 1 aliphatic rings. The van der Waals surface area contributed by atoms with Gasteiger partial charge in [-0.2, -0.15) is 0 Å². The Kier molecular flexibility index (Phi) is 3.71. The lowest BCUT2D eigenvalue weighted by Crippen LogP contribution is -2.18. The summed E-state index contributed by atoms with van der Waals surface area (Å²) in [5.41, 5.74) is 7.56. The summed E-state index contributed by atoms with van der Waals surface area (Å²) in [4.78, 5) is 4.34. The quantitative estimate of drug-likeness (QED) is 0.883. The Morgan fingerprint density at radius 1 is 1.35 bits per heavy atom. The van der Waals surface area contributed by atoms with E-state index in [0.717, 1.165) is 23.5 Å². The van der Waals surface area contributed by atoms with Gasteiger partial charge in [-0.25, -0.2) is 9.37 Å². The molecule has 108 valence electrons. The van der Waals surface area contributed by atoms with Crippen LogP contribution in [0.5, 0.6) is 0 Å². The first-order valence-electron chi connectivity index (χ1n) is 7.15. The number of rotatable bonds is 2. The van der Waals surface area contributed by atoms with Crippen molar-refractivity contribution in [2.75, 3.05) is 5.73 Å². The Bertz CT molecular complexity index is 630. The zero-order chi connectivity index (χ0) is 14.3. The van der Waals surface area contributed by atoms with Crippen LogP contribution >= 0.6 is 15.9 Å². The Morgan fingerprint density at radius 2 is 2.05 bits per heavy atom. The molecule has 3 nitrogen and oxygen atoms in total. The highest BCUT2D eigenvalue weighted by atomic mass is 79.9. The monoisotopic (exact) mass is 339 g/mol. The normalized spacial score (nSPS) is 23.4. The summed E-state index contributed by atoms with van der Waals surface area (Å²) < 4.78 is 16.1. The van der Waals surface area contributed by atoms with Gasteiger partial charge in [-0.15, -0.1) is 0 Å². The molecule has 1 aliphatic carbocycles. The van der Waals surface area contributed by atoms with E-state index in [1.165, 1.54) is 31.7 Å². The van der Waals surface area contributed by atoms with Gasteiger partial charge in [0.15, 0.2) is 0 Å². The van der Waals surface area contributed by atoms with Gasteiger partial charge >= 0.3 is 0 Å². The number of anilines is 1. The van der Waals surface area contributed by atoms with Crippen molar-refractivity contribution < 1.29 is 4.39 Å². The summed E-state index contributed by atoms with van der Waals surface area (Å²) in [6.07, 6.45) is 4.99. The van der Waals surface area contributed by atoms with Crippen molar-refractivity contribution in [1.82, 2.24) is 9.55 Å². The number of nitrogens with two attached hydrogens (primary N) is 1. The average Bonchev–Trinajstić information content (AvgIpc) is 2.69. The topological polar surface area (TPSA) is 43.8 Å². The summed E-state index contributed by atoms with van der Waals surface area (Å²) in [6.45, 7) is 3.15. The zero-order valence-electron chi connectivity index (χ0n) is 11.6. The van der Waals surface area contributed by atoms with Crippen molar-refractivity contribution in [1.29, 1.82) is 0 Å². The largest absolute Gasteiger partial charge is 0.369 e. The van der Waals surface area contributed by atoms with Crippen LogP contribution in [0.1, 0.15) is 32.6 Å². The fourth-order valence-electron chi connectivity index (χ4n) is 3.10. The minimum absolute atomic E-state index is 0.268. The smallest absolute Gasteiger partial charge is 0.201 e. The van der Waals surface area contributed by atoms with Gasteiger partial charge in [-0.05, 0) is 46.7 Å². The van der Waals surface area contributed by atoms with E-state index in [2.05, 4.69) is 27.8 Å². The van der Waals surface area contributed by atoms with Crippen LogP contribution in [0.25, 0.3) is 11.0 Å². The lowest BCUT2D eigenvalue weighted by molar-refractivity contribution is 0.267. The van der Waals surface area contributed by atoms with Gasteiger partial charge in [-0.3, -0.25) is 0 Å². The Balaban J connectivity index is 1.91. The van der Waals surface area contributed by atoms with Crippen LogP contribution in [0.15, 0.2) is 16.6 Å². The van der Waals surface area contributed by atoms with E-state index >= 15 is 0 Å². The maximum Gasteiger partial charge on any atom is 0.201 e. The van der Waals surface area contributed by atoms with Gasteiger partial charge in [0.1, 0.15) is 5.82 Å². The van der Waals surface area contributed by atoms with E-state index in [-0.39, 0.29) is 5.82 Å². The molecule has 3 rings (SSSR count). The molecule has 1 aromatic heterocycles. The number of hydrogen-bond acceptors (Lipinski definition) is 2. The summed E-state index contributed by atoms with van der Waals surface area (Å²) in [5, 5.41) is 0. The number of nitrogens with zero attached hydrogens (tertiary/aromatic N) is 2. The van der Waals surface area contributed by atoms with Crippen LogP contribution in [0.2, 0.25) is 0 Å². The van der Waals surface area contributed by atoms with E-state index in [9.17, 15) is 4.39 Å². The lowest BCUT2D eigenvalue weighted by atomic mass is 9.83. The maximum atomic E-state index is 13.7. The zero-order valence-corrected chi connectivity index (χ0v) is 13.2. The number of hydrogen-bond donors (Lipinski definition) is 1. The molecule has 0 amide bonds. The summed E-state index contributed by atoms with van der Waals surface area (Å²) in [7, 11) is 0. The number of halogens is 2. The van der Waals surface area contributed by atoms with Gasteiger partial charge in [0, 0.05) is 12.6 Å². The molecule has 2 aromatic rings. The van der Waals surface area contributed by atoms with Crippen LogP contribution in [0.3, 0.4) is 0 Å². The van der Waals surface area contributed by atoms with Crippen LogP contribution in [0.4, 0.5) is 10.3 Å². The molecule has 0 radical (unpaired) electrons. The SMILES string of the molecule is CC1CCC(Cn2c(N)nc3cc(Br)c(F)cc32)CC1. The fraction of sp³-hybridized carbons (Fsp3) is 0.533. The molecule has 1 saturated carbocycles. The summed E-state index contributed by atoms with van der Waals surface area (Å²) in [6, 6.07) is 3.22. The van der Waals surface area contributed by atoms with E-state index < -0.39 is 0 Å². The number of aromatic nitrogens is 2. The van der Waals surface area contributed by atoms with Crippen LogP contribution < -0.4 is 5.73 Å². The van der Waals surface area contributed by atoms with Crippen molar-refractivity contribution in [2.24, 2.45) is 11.8 Å². The molecular weight excluding hydrogens is 321 g/mol. The van der Waals surface area contributed by atoms with Crippen molar-refractivity contribution in [3.05, 3.63) is 22.4 Å². The second-order valence-electron chi connectivity index (χ2n) is 5.96. The van der Waals surface area contributed by atoms with Crippen LogP contribution in [-0.2, 0) is 6.54 Å². The lowest BCUT2D eigenvalue weighted by Gasteiger charge is -2.26. The molecule has 1 heterocycles. The van der Waals surface area contributed by atoms with E-state index in [1.54, 1.807) is 6.07 Å². The average molecular weight is 340 g/mol. The molecule has 0 unspecified atom stereocenters. The standard InChI is InChI=1S/C15H19BrFN3/c1-9-2-4-10(5-3-9)8-20-14-7-12(17)11(16)6-13(14)19-15(20)18/h6-7,9-10H,2-5,8H2,1H3,(H2,18,19). The predicted molar refractivity (Wildman–Crippen MR) is 82.9 cm³/mol. The Labute approximate surface area is 126 Å². The predicted octanol–water partition coefficient (Wildman–Crippen LogP) is 4.35.